The number of nitrogens with one attached hydrogen (secondary N) is 1. The molecule has 1 aromatic rings. The Labute approximate surface area is 93.9 Å². The van der Waals surface area contributed by atoms with Crippen molar-refractivity contribution < 1.29 is 8.78 Å². The third-order valence-electron chi connectivity index (χ3n) is 2.13. The second-order valence-corrected chi connectivity index (χ2v) is 3.85. The first kappa shape index (κ1) is 12.6. The van der Waals surface area contributed by atoms with E-state index >= 15 is 0 Å². The maximum Gasteiger partial charge on any atom is 0.263 e. The van der Waals surface area contributed by atoms with Gasteiger partial charge >= 0.3 is 0 Å². The van der Waals surface area contributed by atoms with Crippen LogP contribution < -0.4 is 5.32 Å². The van der Waals surface area contributed by atoms with Gasteiger partial charge in [-0.05, 0) is 25.5 Å². The highest BCUT2D eigenvalue weighted by atomic mass is 19.3. The van der Waals surface area contributed by atoms with Crippen LogP contribution in [-0.2, 0) is 0 Å². The Morgan fingerprint density at radius 1 is 1.25 bits per heavy atom. The summed E-state index contributed by atoms with van der Waals surface area (Å²) in [5.41, 5.74) is 0.525. The van der Waals surface area contributed by atoms with Crippen LogP contribution in [0.3, 0.4) is 0 Å². The molecule has 1 N–H and O–H groups in total. The number of nitriles is 1. The van der Waals surface area contributed by atoms with E-state index in [0.717, 1.165) is 0 Å². The summed E-state index contributed by atoms with van der Waals surface area (Å²) in [6.45, 7) is 3.81. The quantitative estimate of drug-likeness (QED) is 0.852. The molecule has 0 aromatic heterocycles. The van der Waals surface area contributed by atoms with Crippen molar-refractivity contribution in [2.45, 2.75) is 32.4 Å². The highest BCUT2D eigenvalue weighted by Crippen LogP contribution is 2.22. The fraction of sp³-hybridized carbons (Fsp3) is 0.417. The minimum Gasteiger partial charge on any atom is -0.296 e. The largest absolute Gasteiger partial charge is 0.296 e. The summed E-state index contributed by atoms with van der Waals surface area (Å²) in [5, 5.41) is 12.0. The molecule has 0 spiro atoms. The third kappa shape index (κ3) is 3.28. The van der Waals surface area contributed by atoms with E-state index in [9.17, 15) is 8.78 Å². The molecule has 0 amide bonds. The van der Waals surface area contributed by atoms with Crippen LogP contribution in [0.25, 0.3) is 0 Å². The van der Waals surface area contributed by atoms with Crippen molar-refractivity contribution in [1.82, 2.24) is 5.32 Å². The van der Waals surface area contributed by atoms with Gasteiger partial charge < -0.3 is 0 Å². The Morgan fingerprint density at radius 3 is 2.38 bits per heavy atom. The number of hydrogen-bond acceptors (Lipinski definition) is 2. The van der Waals surface area contributed by atoms with E-state index in [1.165, 1.54) is 12.1 Å². The van der Waals surface area contributed by atoms with E-state index in [2.05, 4.69) is 11.4 Å². The number of rotatable bonds is 4. The first-order valence-corrected chi connectivity index (χ1v) is 5.08. The van der Waals surface area contributed by atoms with Crippen molar-refractivity contribution in [2.24, 2.45) is 0 Å². The summed E-state index contributed by atoms with van der Waals surface area (Å²) < 4.78 is 24.9. The standard InChI is InChI=1S/C12H14F2N2/c1-8(2)16-11(7-15)9-4-3-5-10(6-9)12(13)14/h3-6,8,11-12,16H,1-2H3. The molecule has 0 aliphatic heterocycles. The van der Waals surface area contributed by atoms with Crippen molar-refractivity contribution in [3.63, 3.8) is 0 Å². The average Bonchev–Trinajstić information content (AvgIpc) is 2.25. The van der Waals surface area contributed by atoms with E-state index < -0.39 is 12.5 Å². The molecule has 1 aromatic carbocycles. The summed E-state index contributed by atoms with van der Waals surface area (Å²) in [5.74, 6) is 0. The predicted molar refractivity (Wildman–Crippen MR) is 58.0 cm³/mol. The van der Waals surface area contributed by atoms with Gasteiger partial charge in [-0.3, -0.25) is 5.32 Å². The minimum absolute atomic E-state index is 0.0525. The lowest BCUT2D eigenvalue weighted by Crippen LogP contribution is -2.27. The summed E-state index contributed by atoms with van der Waals surface area (Å²) in [4.78, 5) is 0. The van der Waals surface area contributed by atoms with Crippen LogP contribution in [0.1, 0.15) is 37.4 Å². The lowest BCUT2D eigenvalue weighted by molar-refractivity contribution is 0.151. The topological polar surface area (TPSA) is 35.8 Å². The van der Waals surface area contributed by atoms with Gasteiger partial charge in [0.25, 0.3) is 6.43 Å². The SMILES string of the molecule is CC(C)NC(C#N)c1cccc(C(F)F)c1. The molecule has 1 rings (SSSR count). The van der Waals surface area contributed by atoms with Gasteiger partial charge in [-0.1, -0.05) is 18.2 Å². The van der Waals surface area contributed by atoms with Crippen LogP contribution in [-0.4, -0.2) is 6.04 Å². The Bertz CT molecular complexity index is 383. The molecular weight excluding hydrogens is 210 g/mol. The van der Waals surface area contributed by atoms with Crippen molar-refractivity contribution in [2.75, 3.05) is 0 Å². The van der Waals surface area contributed by atoms with Gasteiger partial charge in [-0.15, -0.1) is 0 Å². The maximum absolute atomic E-state index is 12.5. The van der Waals surface area contributed by atoms with Crippen molar-refractivity contribution in [3.05, 3.63) is 35.4 Å². The molecule has 0 heterocycles. The summed E-state index contributed by atoms with van der Waals surface area (Å²) in [6.07, 6.45) is -2.50. The fourth-order valence-corrected chi connectivity index (χ4v) is 1.42. The molecule has 1 unspecified atom stereocenters. The second-order valence-electron chi connectivity index (χ2n) is 3.85. The molecule has 16 heavy (non-hydrogen) atoms. The van der Waals surface area contributed by atoms with Gasteiger partial charge in [0, 0.05) is 11.6 Å². The summed E-state index contributed by atoms with van der Waals surface area (Å²) in [7, 11) is 0. The van der Waals surface area contributed by atoms with Gasteiger partial charge in [0.1, 0.15) is 6.04 Å². The van der Waals surface area contributed by atoms with Gasteiger partial charge in [-0.25, -0.2) is 8.78 Å². The normalized spacial score (nSPS) is 12.8. The molecule has 0 radical (unpaired) electrons. The van der Waals surface area contributed by atoms with Crippen molar-refractivity contribution in [3.8, 4) is 6.07 Å². The molecule has 0 aliphatic carbocycles. The molecule has 0 fully saturated rings. The minimum atomic E-state index is -2.50. The zero-order valence-electron chi connectivity index (χ0n) is 9.24. The molecule has 0 aliphatic rings. The van der Waals surface area contributed by atoms with Crippen LogP contribution in [0.2, 0.25) is 0 Å². The predicted octanol–water partition coefficient (Wildman–Crippen LogP) is 3.19. The van der Waals surface area contributed by atoms with Crippen LogP contribution in [0.15, 0.2) is 24.3 Å². The number of alkyl halides is 2. The Kier molecular flexibility index (Phi) is 4.39. The maximum atomic E-state index is 12.5. The summed E-state index contributed by atoms with van der Waals surface area (Å²) in [6, 6.07) is 7.59. The number of hydrogen-bond donors (Lipinski definition) is 1. The van der Waals surface area contributed by atoms with E-state index in [1.807, 2.05) is 13.8 Å². The van der Waals surface area contributed by atoms with Gasteiger partial charge in [0.2, 0.25) is 0 Å². The second kappa shape index (κ2) is 5.57. The monoisotopic (exact) mass is 224 g/mol. The highest BCUT2D eigenvalue weighted by Gasteiger charge is 2.14. The molecule has 0 bridgehead atoms. The van der Waals surface area contributed by atoms with E-state index in [0.29, 0.717) is 5.56 Å². The highest BCUT2D eigenvalue weighted by molar-refractivity contribution is 5.30. The Morgan fingerprint density at radius 2 is 1.88 bits per heavy atom. The average molecular weight is 224 g/mol. The molecule has 0 saturated carbocycles. The molecular formula is C12H14F2N2. The van der Waals surface area contributed by atoms with Crippen molar-refractivity contribution in [1.29, 1.82) is 5.26 Å². The van der Waals surface area contributed by atoms with Crippen LogP contribution in [0.5, 0.6) is 0 Å². The lowest BCUT2D eigenvalue weighted by Gasteiger charge is -2.15. The van der Waals surface area contributed by atoms with Gasteiger partial charge in [0.15, 0.2) is 0 Å². The van der Waals surface area contributed by atoms with E-state index in [4.69, 9.17) is 5.26 Å². The molecule has 86 valence electrons. The van der Waals surface area contributed by atoms with E-state index in [-0.39, 0.29) is 11.6 Å². The van der Waals surface area contributed by atoms with Crippen LogP contribution in [0, 0.1) is 11.3 Å². The summed E-state index contributed by atoms with van der Waals surface area (Å²) >= 11 is 0. The third-order valence-corrected chi connectivity index (χ3v) is 2.13. The number of benzene rings is 1. The van der Waals surface area contributed by atoms with Crippen LogP contribution >= 0.6 is 0 Å². The van der Waals surface area contributed by atoms with Gasteiger partial charge in [-0.2, -0.15) is 5.26 Å². The number of nitrogens with zero attached hydrogens (tertiary/aromatic N) is 1. The van der Waals surface area contributed by atoms with Gasteiger partial charge in [0.05, 0.1) is 6.07 Å². The molecule has 1 atom stereocenters. The Balaban J connectivity index is 2.93. The number of halogens is 2. The zero-order valence-corrected chi connectivity index (χ0v) is 9.24. The smallest absolute Gasteiger partial charge is 0.263 e. The first-order chi connectivity index (χ1) is 7.54. The molecule has 0 saturated heterocycles. The fourth-order valence-electron chi connectivity index (χ4n) is 1.42. The molecule has 4 heteroatoms. The zero-order chi connectivity index (χ0) is 12.1. The van der Waals surface area contributed by atoms with E-state index in [1.54, 1.807) is 12.1 Å². The first-order valence-electron chi connectivity index (χ1n) is 5.08. The Hall–Kier alpha value is -1.47. The molecule has 2 nitrogen and oxygen atoms in total. The van der Waals surface area contributed by atoms with Crippen LogP contribution in [0.4, 0.5) is 8.78 Å². The van der Waals surface area contributed by atoms with Crippen molar-refractivity contribution >= 4 is 0 Å². The lowest BCUT2D eigenvalue weighted by atomic mass is 10.0.